The number of rotatable bonds is 2. The first-order valence-electron chi connectivity index (χ1n) is 4.32. The molecule has 4 nitrogen and oxygen atoms in total. The van der Waals surface area contributed by atoms with Crippen LogP contribution in [0.1, 0.15) is 10.5 Å². The number of nitrogens with zero attached hydrogens (tertiary/aromatic N) is 1. The number of carboxylic acid groups (broad SMARTS) is 1. The monoisotopic (exact) mass is 256 g/mol. The molecule has 0 unspecified atom stereocenters. The van der Waals surface area contributed by atoms with E-state index in [0.29, 0.717) is 21.3 Å². The molecule has 0 aliphatic heterocycles. The number of H-pyrrole nitrogens is 1. The van der Waals surface area contributed by atoms with Crippen molar-refractivity contribution in [2.45, 2.75) is 0 Å². The van der Waals surface area contributed by atoms with E-state index < -0.39 is 5.97 Å². The van der Waals surface area contributed by atoms with E-state index >= 15 is 0 Å². The first-order valence-corrected chi connectivity index (χ1v) is 5.08. The minimum Gasteiger partial charge on any atom is -0.477 e. The van der Waals surface area contributed by atoms with Gasteiger partial charge in [0.2, 0.25) is 0 Å². The second-order valence-electron chi connectivity index (χ2n) is 3.07. The molecule has 0 amide bonds. The average molecular weight is 257 g/mol. The van der Waals surface area contributed by atoms with E-state index in [0.717, 1.165) is 0 Å². The Hall–Kier alpha value is -1.52. The topological polar surface area (TPSA) is 66.0 Å². The molecular weight excluding hydrogens is 251 g/mol. The molecule has 0 spiro atoms. The fourth-order valence-corrected chi connectivity index (χ4v) is 1.67. The van der Waals surface area contributed by atoms with E-state index in [9.17, 15) is 4.79 Å². The Kier molecular flexibility index (Phi) is 2.85. The molecule has 1 aromatic heterocycles. The maximum atomic E-state index is 10.7. The zero-order valence-electron chi connectivity index (χ0n) is 7.87. The Labute approximate surface area is 101 Å². The highest BCUT2D eigenvalue weighted by atomic mass is 35.5. The van der Waals surface area contributed by atoms with E-state index in [1.165, 1.54) is 6.07 Å². The van der Waals surface area contributed by atoms with Crippen LogP contribution >= 0.6 is 23.2 Å². The van der Waals surface area contributed by atoms with Gasteiger partial charge in [-0.2, -0.15) is 5.10 Å². The number of halogens is 2. The number of hydrogen-bond donors (Lipinski definition) is 2. The second-order valence-corrected chi connectivity index (χ2v) is 3.86. The third-order valence-electron chi connectivity index (χ3n) is 2.04. The number of benzene rings is 1. The number of nitrogens with one attached hydrogen (secondary N) is 1. The van der Waals surface area contributed by atoms with Gasteiger partial charge in [0.1, 0.15) is 5.69 Å². The zero-order chi connectivity index (χ0) is 11.7. The normalized spacial score (nSPS) is 10.4. The van der Waals surface area contributed by atoms with Crippen LogP contribution in [0.4, 0.5) is 0 Å². The van der Waals surface area contributed by atoms with Crippen LogP contribution in [0.3, 0.4) is 0 Å². The van der Waals surface area contributed by atoms with E-state index in [-0.39, 0.29) is 5.69 Å². The summed E-state index contributed by atoms with van der Waals surface area (Å²) in [6.45, 7) is 0. The average Bonchev–Trinajstić information content (AvgIpc) is 2.71. The van der Waals surface area contributed by atoms with Gasteiger partial charge in [-0.15, -0.1) is 0 Å². The summed E-state index contributed by atoms with van der Waals surface area (Å²) in [5.41, 5.74) is 1.05. The van der Waals surface area contributed by atoms with Crippen molar-refractivity contribution in [3.63, 3.8) is 0 Å². The number of hydrogen-bond acceptors (Lipinski definition) is 2. The quantitative estimate of drug-likeness (QED) is 0.868. The smallest absolute Gasteiger partial charge is 0.353 e. The minimum absolute atomic E-state index is 0.00559. The number of aromatic amines is 1. The van der Waals surface area contributed by atoms with Crippen LogP contribution in [0.5, 0.6) is 0 Å². The van der Waals surface area contributed by atoms with Gasteiger partial charge in [0.25, 0.3) is 0 Å². The third-order valence-corrected chi connectivity index (χ3v) is 2.85. The van der Waals surface area contributed by atoms with Gasteiger partial charge in [0.05, 0.1) is 15.7 Å². The van der Waals surface area contributed by atoms with Crippen molar-refractivity contribution >= 4 is 29.2 Å². The summed E-state index contributed by atoms with van der Waals surface area (Å²) >= 11 is 11.8. The molecule has 6 heteroatoms. The molecule has 0 aliphatic rings. The maximum Gasteiger partial charge on any atom is 0.353 e. The van der Waals surface area contributed by atoms with E-state index in [4.69, 9.17) is 28.3 Å². The summed E-state index contributed by atoms with van der Waals surface area (Å²) in [7, 11) is 0. The lowest BCUT2D eigenvalue weighted by atomic mass is 10.1. The highest BCUT2D eigenvalue weighted by Crippen LogP contribution is 2.32. The summed E-state index contributed by atoms with van der Waals surface area (Å²) in [5.74, 6) is -1.07. The fourth-order valence-electron chi connectivity index (χ4n) is 1.27. The summed E-state index contributed by atoms with van der Waals surface area (Å²) in [5, 5.41) is 15.8. The summed E-state index contributed by atoms with van der Waals surface area (Å²) in [4.78, 5) is 10.7. The Morgan fingerprint density at radius 1 is 1.38 bits per heavy atom. The molecule has 0 saturated heterocycles. The molecular formula is C10H6Cl2N2O2. The molecule has 82 valence electrons. The van der Waals surface area contributed by atoms with Gasteiger partial charge < -0.3 is 5.11 Å². The van der Waals surface area contributed by atoms with Gasteiger partial charge in [-0.05, 0) is 12.1 Å². The van der Waals surface area contributed by atoms with Crippen molar-refractivity contribution in [1.82, 2.24) is 10.2 Å². The molecule has 2 rings (SSSR count). The van der Waals surface area contributed by atoms with Crippen molar-refractivity contribution in [2.75, 3.05) is 0 Å². The predicted octanol–water partition coefficient (Wildman–Crippen LogP) is 3.08. The predicted molar refractivity (Wildman–Crippen MR) is 61.0 cm³/mol. The van der Waals surface area contributed by atoms with Gasteiger partial charge in [-0.3, -0.25) is 5.10 Å². The van der Waals surface area contributed by atoms with Gasteiger partial charge in [-0.1, -0.05) is 35.3 Å². The largest absolute Gasteiger partial charge is 0.477 e. The Balaban J connectivity index is 2.50. The molecule has 0 radical (unpaired) electrons. The molecule has 1 aromatic carbocycles. The molecule has 2 aromatic rings. The fraction of sp³-hybridized carbons (Fsp3) is 0. The van der Waals surface area contributed by atoms with E-state index in [1.807, 2.05) is 0 Å². The summed E-state index contributed by atoms with van der Waals surface area (Å²) < 4.78 is 0. The van der Waals surface area contributed by atoms with Gasteiger partial charge in [-0.25, -0.2) is 4.79 Å². The minimum atomic E-state index is -1.07. The van der Waals surface area contributed by atoms with Crippen LogP contribution < -0.4 is 0 Å². The summed E-state index contributed by atoms with van der Waals surface area (Å²) in [6, 6.07) is 6.49. The van der Waals surface area contributed by atoms with Crippen molar-refractivity contribution in [3.05, 3.63) is 40.0 Å². The van der Waals surface area contributed by atoms with Crippen molar-refractivity contribution in [1.29, 1.82) is 0 Å². The Morgan fingerprint density at radius 2 is 2.12 bits per heavy atom. The SMILES string of the molecule is O=C(O)c1cc(-c2cccc(Cl)c2Cl)n[nH]1. The van der Waals surface area contributed by atoms with Crippen molar-refractivity contribution in [3.8, 4) is 11.3 Å². The first kappa shape index (κ1) is 11.0. The standard InChI is InChI=1S/C10H6Cl2N2O2/c11-6-3-1-2-5(9(6)12)7-4-8(10(15)16)14-13-7/h1-4H,(H,13,14)(H,15,16). The lowest BCUT2D eigenvalue weighted by molar-refractivity contribution is 0.0690. The summed E-state index contributed by atoms with van der Waals surface area (Å²) in [6.07, 6.45) is 0. The van der Waals surface area contributed by atoms with Crippen LogP contribution in [0.2, 0.25) is 10.0 Å². The highest BCUT2D eigenvalue weighted by Gasteiger charge is 2.12. The van der Waals surface area contributed by atoms with Crippen LogP contribution in [-0.4, -0.2) is 21.3 Å². The van der Waals surface area contributed by atoms with Gasteiger partial charge >= 0.3 is 5.97 Å². The number of carboxylic acids is 1. The first-order chi connectivity index (χ1) is 7.59. The van der Waals surface area contributed by atoms with Crippen molar-refractivity contribution < 1.29 is 9.90 Å². The second kappa shape index (κ2) is 4.15. The maximum absolute atomic E-state index is 10.7. The molecule has 0 fully saturated rings. The molecule has 0 atom stereocenters. The zero-order valence-corrected chi connectivity index (χ0v) is 9.38. The van der Waals surface area contributed by atoms with Crippen LogP contribution in [0.15, 0.2) is 24.3 Å². The van der Waals surface area contributed by atoms with Crippen LogP contribution in [0.25, 0.3) is 11.3 Å². The van der Waals surface area contributed by atoms with Crippen molar-refractivity contribution in [2.24, 2.45) is 0 Å². The Bertz CT molecular complexity index is 552. The molecule has 16 heavy (non-hydrogen) atoms. The Morgan fingerprint density at radius 3 is 2.75 bits per heavy atom. The van der Waals surface area contributed by atoms with Crippen LogP contribution in [0, 0.1) is 0 Å². The molecule has 0 bridgehead atoms. The molecule has 0 aliphatic carbocycles. The third kappa shape index (κ3) is 1.89. The lowest BCUT2D eigenvalue weighted by Gasteiger charge is -2.01. The number of carbonyl (C=O) groups is 1. The lowest BCUT2D eigenvalue weighted by Crippen LogP contribution is -1.95. The van der Waals surface area contributed by atoms with E-state index in [2.05, 4.69) is 10.2 Å². The van der Waals surface area contributed by atoms with Crippen LogP contribution in [-0.2, 0) is 0 Å². The molecule has 1 heterocycles. The number of aromatic nitrogens is 2. The molecule has 2 N–H and O–H groups in total. The number of aromatic carboxylic acids is 1. The van der Waals surface area contributed by atoms with E-state index in [1.54, 1.807) is 18.2 Å². The van der Waals surface area contributed by atoms with Gasteiger partial charge in [0, 0.05) is 5.56 Å². The van der Waals surface area contributed by atoms with Gasteiger partial charge in [0.15, 0.2) is 0 Å². The molecule has 0 saturated carbocycles. The highest BCUT2D eigenvalue weighted by molar-refractivity contribution is 6.43.